The van der Waals surface area contributed by atoms with E-state index in [0.29, 0.717) is 11.7 Å². The molecule has 0 aromatic rings. The van der Waals surface area contributed by atoms with Gasteiger partial charge in [-0.25, -0.2) is 0 Å². The normalized spacial score (nSPS) is 32.4. The SMILES string of the molecule is CCC[CH2][Sn]([CH2]CCC)([CH2]CCC)[C@H]1[C@@H](B2OC(C)(C)C(C)(C)O2)[C@@H]2C=C[C@H]1C2. The molecule has 0 spiro atoms. The van der Waals surface area contributed by atoms with E-state index in [4.69, 9.17) is 9.31 Å². The van der Waals surface area contributed by atoms with Gasteiger partial charge in [0.1, 0.15) is 0 Å². The van der Waals surface area contributed by atoms with Gasteiger partial charge in [-0.3, -0.25) is 0 Å². The van der Waals surface area contributed by atoms with Gasteiger partial charge in [-0.05, 0) is 0 Å². The molecule has 1 aliphatic heterocycles. The number of hydrogen-bond acceptors (Lipinski definition) is 2. The molecule has 1 heterocycles. The van der Waals surface area contributed by atoms with Crippen LogP contribution in [0.4, 0.5) is 0 Å². The third-order valence-corrected chi connectivity index (χ3v) is 26.8. The molecule has 3 aliphatic rings. The fourth-order valence-corrected chi connectivity index (χ4v) is 27.4. The second-order valence-electron chi connectivity index (χ2n) is 11.3. The molecule has 2 nitrogen and oxygen atoms in total. The van der Waals surface area contributed by atoms with Crippen molar-refractivity contribution in [2.45, 2.75) is 128 Å². The minimum absolute atomic E-state index is 0.00547. The fourth-order valence-electron chi connectivity index (χ4n) is 6.60. The molecule has 0 aromatic heterocycles. The van der Waals surface area contributed by atoms with Crippen molar-refractivity contribution in [3.63, 3.8) is 0 Å². The summed E-state index contributed by atoms with van der Waals surface area (Å²) in [6, 6.07) is 0. The second kappa shape index (κ2) is 9.57. The van der Waals surface area contributed by atoms with Gasteiger partial charge < -0.3 is 0 Å². The van der Waals surface area contributed by atoms with E-state index in [9.17, 15) is 0 Å². The van der Waals surface area contributed by atoms with Crippen LogP contribution in [0.2, 0.25) is 23.1 Å². The van der Waals surface area contributed by atoms with Crippen LogP contribution in [0.15, 0.2) is 12.2 Å². The molecule has 166 valence electrons. The number of hydrogen-bond donors (Lipinski definition) is 0. The van der Waals surface area contributed by atoms with Crippen molar-refractivity contribution in [2.75, 3.05) is 0 Å². The van der Waals surface area contributed by atoms with Gasteiger partial charge in [0, 0.05) is 0 Å². The quantitative estimate of drug-likeness (QED) is 0.209. The summed E-state index contributed by atoms with van der Waals surface area (Å²) in [5.74, 6) is 2.14. The first-order valence-electron chi connectivity index (χ1n) is 12.8. The standard InChI is InChI=1S/C13H20BO2.3C4H9.Sn/c1-12(2)13(3,4)16-14(15-12)11-8-9-5-6-10(11)7-9;3*1-3-4-2;/h5-6,8-11H,7H2,1-4H3;3*1,3-4H2,2H3;/t9-,10+,11+;;;;/m0..../s1. The minimum atomic E-state index is -2.37. The van der Waals surface area contributed by atoms with Crippen molar-refractivity contribution in [3.8, 4) is 0 Å². The van der Waals surface area contributed by atoms with Gasteiger partial charge in [-0.15, -0.1) is 0 Å². The predicted octanol–water partition coefficient (Wildman–Crippen LogP) is 7.87. The van der Waals surface area contributed by atoms with E-state index in [1.165, 1.54) is 44.9 Å². The molecule has 2 aliphatic carbocycles. The maximum atomic E-state index is 6.72. The van der Waals surface area contributed by atoms with Crippen molar-refractivity contribution in [2.24, 2.45) is 11.8 Å². The van der Waals surface area contributed by atoms with Crippen LogP contribution in [-0.2, 0) is 9.31 Å². The first-order valence-corrected chi connectivity index (χ1v) is 20.5. The zero-order chi connectivity index (χ0) is 21.3. The summed E-state index contributed by atoms with van der Waals surface area (Å²) in [6.45, 7) is 16.1. The average Bonchev–Trinajstić information content (AvgIpc) is 3.33. The molecule has 0 radical (unpaired) electrons. The second-order valence-corrected chi connectivity index (χ2v) is 25.3. The Bertz CT molecular complexity index is 535. The summed E-state index contributed by atoms with van der Waals surface area (Å²) < 4.78 is 19.2. The molecule has 2 bridgehead atoms. The van der Waals surface area contributed by atoms with Crippen LogP contribution in [0.1, 0.15) is 93.4 Å². The first-order chi connectivity index (χ1) is 13.7. The molecule has 0 unspecified atom stereocenters. The Morgan fingerprint density at radius 1 is 0.793 bits per heavy atom. The molecule has 4 heteroatoms. The first kappa shape index (κ1) is 24.2. The molecule has 1 saturated carbocycles. The van der Waals surface area contributed by atoms with Gasteiger partial charge in [0.05, 0.1) is 0 Å². The Kier molecular flexibility index (Phi) is 7.97. The molecular formula is C25H47BO2Sn. The molecule has 0 N–H and O–H groups in total. The Labute approximate surface area is 186 Å². The van der Waals surface area contributed by atoms with Gasteiger partial charge in [0.15, 0.2) is 0 Å². The molecular weight excluding hydrogens is 462 g/mol. The van der Waals surface area contributed by atoms with Crippen LogP contribution in [0, 0.1) is 11.8 Å². The van der Waals surface area contributed by atoms with Crippen LogP contribution in [0.25, 0.3) is 0 Å². The summed E-state index contributed by atoms with van der Waals surface area (Å²) in [5, 5.41) is 0. The Morgan fingerprint density at radius 2 is 1.24 bits per heavy atom. The van der Waals surface area contributed by atoms with E-state index in [0.717, 1.165) is 9.85 Å². The zero-order valence-electron chi connectivity index (χ0n) is 20.4. The van der Waals surface area contributed by atoms with Crippen LogP contribution in [0.3, 0.4) is 0 Å². The van der Waals surface area contributed by atoms with Gasteiger partial charge in [0.25, 0.3) is 0 Å². The summed E-state index contributed by atoms with van der Waals surface area (Å²) in [6.07, 6.45) is 15.0. The molecule has 0 amide bonds. The Hall–Kier alpha value is 0.524. The zero-order valence-corrected chi connectivity index (χ0v) is 23.3. The molecule has 29 heavy (non-hydrogen) atoms. The number of rotatable bonds is 11. The van der Waals surface area contributed by atoms with E-state index >= 15 is 0 Å². The van der Waals surface area contributed by atoms with Crippen LogP contribution in [-0.4, -0.2) is 36.7 Å². The van der Waals surface area contributed by atoms with Crippen molar-refractivity contribution in [3.05, 3.63) is 12.2 Å². The predicted molar refractivity (Wildman–Crippen MR) is 129 cm³/mol. The Balaban J connectivity index is 1.94. The molecule has 0 aromatic carbocycles. The van der Waals surface area contributed by atoms with Crippen LogP contribution < -0.4 is 0 Å². The molecule has 1 saturated heterocycles. The van der Waals surface area contributed by atoms with Crippen LogP contribution in [0.5, 0.6) is 0 Å². The van der Waals surface area contributed by atoms with Gasteiger partial charge in [-0.2, -0.15) is 0 Å². The van der Waals surface area contributed by atoms with Crippen LogP contribution >= 0.6 is 0 Å². The summed E-state index contributed by atoms with van der Waals surface area (Å²) in [4.78, 5) is 0. The van der Waals surface area contributed by atoms with E-state index < -0.39 is 18.4 Å². The van der Waals surface area contributed by atoms with E-state index in [-0.39, 0.29) is 18.3 Å². The molecule has 3 rings (SSSR count). The fraction of sp³-hybridized carbons (Fsp3) is 0.920. The molecule has 4 atom stereocenters. The summed E-state index contributed by atoms with van der Waals surface area (Å²) >= 11 is -2.37. The monoisotopic (exact) mass is 510 g/mol. The maximum absolute atomic E-state index is 6.72. The Morgan fingerprint density at radius 3 is 1.69 bits per heavy atom. The van der Waals surface area contributed by atoms with Crippen molar-refractivity contribution in [1.29, 1.82) is 0 Å². The van der Waals surface area contributed by atoms with Crippen molar-refractivity contribution < 1.29 is 9.31 Å². The third kappa shape index (κ3) is 4.67. The number of fused-ring (bicyclic) bond motifs is 2. The average molecular weight is 509 g/mol. The van der Waals surface area contributed by atoms with Gasteiger partial charge in [-0.1, -0.05) is 0 Å². The third-order valence-electron chi connectivity index (χ3n) is 8.90. The summed E-state index contributed by atoms with van der Waals surface area (Å²) in [5.41, 5.74) is -0.412. The van der Waals surface area contributed by atoms with Gasteiger partial charge >= 0.3 is 186 Å². The van der Waals surface area contributed by atoms with E-state index in [1.54, 1.807) is 13.3 Å². The van der Waals surface area contributed by atoms with Gasteiger partial charge in [0.2, 0.25) is 0 Å². The van der Waals surface area contributed by atoms with Crippen molar-refractivity contribution >= 4 is 25.5 Å². The van der Waals surface area contributed by atoms with Crippen molar-refractivity contribution in [1.82, 2.24) is 0 Å². The molecule has 2 fully saturated rings. The van der Waals surface area contributed by atoms with E-state index in [2.05, 4.69) is 60.6 Å². The number of unbranched alkanes of at least 4 members (excludes halogenated alkanes) is 3. The number of allylic oxidation sites excluding steroid dienone is 2. The van der Waals surface area contributed by atoms with E-state index in [1.807, 2.05) is 0 Å². The summed E-state index contributed by atoms with van der Waals surface area (Å²) in [7, 11) is 0.00547. The topological polar surface area (TPSA) is 18.5 Å².